The van der Waals surface area contributed by atoms with Crippen LogP contribution in [0.4, 0.5) is 0 Å². The lowest BCUT2D eigenvalue weighted by Gasteiger charge is -2.11. The van der Waals surface area contributed by atoms with Gasteiger partial charge < -0.3 is 0 Å². The molecule has 0 spiro atoms. The number of hydrogen-bond acceptors (Lipinski definition) is 2. The first-order valence-corrected chi connectivity index (χ1v) is 10.3. The molecule has 0 aromatic heterocycles. The lowest BCUT2D eigenvalue weighted by atomic mass is 9.93. The third-order valence-corrected chi connectivity index (χ3v) is 5.68. The molecule has 3 rings (SSSR count). The molecule has 2 nitrogen and oxygen atoms in total. The van der Waals surface area contributed by atoms with Crippen molar-refractivity contribution in [1.29, 1.82) is 0 Å². The fourth-order valence-corrected chi connectivity index (χ4v) is 4.26. The second kappa shape index (κ2) is 8.62. The molecule has 2 aliphatic carbocycles. The Morgan fingerprint density at radius 3 is 1.62 bits per heavy atom. The number of carbonyl (C=O) groups is 2. The minimum atomic E-state index is 0.270. The summed E-state index contributed by atoms with van der Waals surface area (Å²) in [5, 5.41) is 0. The molecule has 138 valence electrons. The third-order valence-electron chi connectivity index (χ3n) is 5.68. The standard InChI is InChI=1S/C24H30O2/c1-3-5-8-17-12-14-21(25)23(17)19-10-7-11-20(16-19)24-18(9-6-4-2)13-15-22(24)26/h7,10-11,16H,3-6,8-9,12-15H2,1-2H3. The molecule has 2 aliphatic rings. The van der Waals surface area contributed by atoms with Crippen molar-refractivity contribution < 1.29 is 9.59 Å². The fraction of sp³-hybridized carbons (Fsp3) is 0.500. The monoisotopic (exact) mass is 350 g/mol. The van der Waals surface area contributed by atoms with Crippen molar-refractivity contribution in [2.75, 3.05) is 0 Å². The van der Waals surface area contributed by atoms with Gasteiger partial charge in [0.25, 0.3) is 0 Å². The van der Waals surface area contributed by atoms with E-state index < -0.39 is 0 Å². The Labute approximate surface area is 157 Å². The maximum Gasteiger partial charge on any atom is 0.163 e. The predicted octanol–water partition coefficient (Wildman–Crippen LogP) is 6.30. The van der Waals surface area contributed by atoms with Gasteiger partial charge in [-0.15, -0.1) is 0 Å². The SMILES string of the molecule is CCCCC1=C(c2cccc(C3=C(CCCC)CCC3=O)c2)C(=O)CC1. The normalized spacial score (nSPS) is 17.8. The second-order valence-corrected chi connectivity index (χ2v) is 7.59. The van der Waals surface area contributed by atoms with Crippen molar-refractivity contribution in [3.63, 3.8) is 0 Å². The van der Waals surface area contributed by atoms with E-state index in [1.807, 2.05) is 18.2 Å². The summed E-state index contributed by atoms with van der Waals surface area (Å²) in [6, 6.07) is 8.19. The second-order valence-electron chi connectivity index (χ2n) is 7.59. The number of Topliss-reactive ketones (excluding diaryl/α,β-unsaturated/α-hetero) is 2. The van der Waals surface area contributed by atoms with E-state index in [0.717, 1.165) is 73.6 Å². The van der Waals surface area contributed by atoms with Crippen molar-refractivity contribution in [2.45, 2.75) is 78.1 Å². The number of ketones is 2. The lowest BCUT2D eigenvalue weighted by molar-refractivity contribution is -0.114. The van der Waals surface area contributed by atoms with Crippen LogP contribution in [-0.4, -0.2) is 11.6 Å². The molecule has 0 N–H and O–H groups in total. The summed E-state index contributed by atoms with van der Waals surface area (Å²) in [4.78, 5) is 25.0. The molecule has 26 heavy (non-hydrogen) atoms. The van der Waals surface area contributed by atoms with Gasteiger partial charge >= 0.3 is 0 Å². The van der Waals surface area contributed by atoms with Crippen LogP contribution in [0.1, 0.15) is 89.2 Å². The molecular weight excluding hydrogens is 320 g/mol. The maximum absolute atomic E-state index is 12.5. The number of unbranched alkanes of at least 4 members (excludes halogenated alkanes) is 2. The summed E-state index contributed by atoms with van der Waals surface area (Å²) in [5.41, 5.74) is 6.51. The van der Waals surface area contributed by atoms with Crippen LogP contribution in [0, 0.1) is 0 Å². The van der Waals surface area contributed by atoms with Crippen molar-refractivity contribution in [1.82, 2.24) is 0 Å². The summed E-state index contributed by atoms with van der Waals surface area (Å²) in [7, 11) is 0. The zero-order valence-corrected chi connectivity index (χ0v) is 16.2. The van der Waals surface area contributed by atoms with Gasteiger partial charge in [-0.1, -0.05) is 56.0 Å². The van der Waals surface area contributed by atoms with Gasteiger partial charge in [-0.2, -0.15) is 0 Å². The highest BCUT2D eigenvalue weighted by atomic mass is 16.1. The van der Waals surface area contributed by atoms with Crippen molar-refractivity contribution in [3.8, 4) is 0 Å². The third kappa shape index (κ3) is 3.90. The van der Waals surface area contributed by atoms with Crippen LogP contribution < -0.4 is 0 Å². The summed E-state index contributed by atoms with van der Waals surface area (Å²) < 4.78 is 0. The Kier molecular flexibility index (Phi) is 6.24. The minimum Gasteiger partial charge on any atom is -0.294 e. The van der Waals surface area contributed by atoms with Crippen LogP contribution in [-0.2, 0) is 9.59 Å². The summed E-state index contributed by atoms with van der Waals surface area (Å²) >= 11 is 0. The Hall–Kier alpha value is -1.96. The van der Waals surface area contributed by atoms with Crippen molar-refractivity contribution in [2.24, 2.45) is 0 Å². The van der Waals surface area contributed by atoms with Crippen molar-refractivity contribution >= 4 is 22.7 Å². The molecule has 2 heteroatoms. The average Bonchev–Trinajstić information content (AvgIpc) is 3.20. The van der Waals surface area contributed by atoms with Crippen LogP contribution in [0.25, 0.3) is 11.1 Å². The number of hydrogen-bond donors (Lipinski definition) is 0. The van der Waals surface area contributed by atoms with E-state index in [-0.39, 0.29) is 11.6 Å². The minimum absolute atomic E-state index is 0.270. The molecule has 0 radical (unpaired) electrons. The lowest BCUT2D eigenvalue weighted by Crippen LogP contribution is -2.00. The molecule has 0 saturated carbocycles. The fourth-order valence-electron chi connectivity index (χ4n) is 4.26. The van der Waals surface area contributed by atoms with Gasteiger partial charge in [0.05, 0.1) is 0 Å². The molecule has 0 amide bonds. The molecule has 1 aromatic rings. The molecule has 0 unspecified atom stereocenters. The van der Waals surface area contributed by atoms with Crippen LogP contribution >= 0.6 is 0 Å². The van der Waals surface area contributed by atoms with Crippen LogP contribution in [0.3, 0.4) is 0 Å². The van der Waals surface area contributed by atoms with Crippen molar-refractivity contribution in [3.05, 3.63) is 46.5 Å². The molecule has 0 fully saturated rings. The topological polar surface area (TPSA) is 34.1 Å². The molecule has 0 aliphatic heterocycles. The number of carbonyl (C=O) groups excluding carboxylic acids is 2. The van der Waals surface area contributed by atoms with Gasteiger partial charge in [0.15, 0.2) is 11.6 Å². The van der Waals surface area contributed by atoms with Gasteiger partial charge in [0, 0.05) is 24.0 Å². The number of rotatable bonds is 8. The Bertz CT molecular complexity index is 703. The molecule has 0 saturated heterocycles. The highest BCUT2D eigenvalue weighted by Crippen LogP contribution is 2.38. The first-order valence-electron chi connectivity index (χ1n) is 10.3. The largest absolute Gasteiger partial charge is 0.294 e. The summed E-state index contributed by atoms with van der Waals surface area (Å²) in [6.07, 6.45) is 9.69. The van der Waals surface area contributed by atoms with Gasteiger partial charge in [-0.25, -0.2) is 0 Å². The van der Waals surface area contributed by atoms with Crippen LogP contribution in [0.5, 0.6) is 0 Å². The molecule has 0 atom stereocenters. The zero-order chi connectivity index (χ0) is 18.5. The maximum atomic E-state index is 12.5. The van der Waals surface area contributed by atoms with Gasteiger partial charge in [-0.3, -0.25) is 9.59 Å². The average molecular weight is 351 g/mol. The van der Waals surface area contributed by atoms with E-state index in [4.69, 9.17) is 0 Å². The molecule has 0 heterocycles. The summed E-state index contributed by atoms with van der Waals surface area (Å²) in [6.45, 7) is 4.38. The highest BCUT2D eigenvalue weighted by molar-refractivity contribution is 6.26. The zero-order valence-electron chi connectivity index (χ0n) is 16.2. The summed E-state index contributed by atoms with van der Waals surface area (Å²) in [5.74, 6) is 0.539. The van der Waals surface area contributed by atoms with E-state index in [2.05, 4.69) is 19.9 Å². The first kappa shape index (κ1) is 18.8. The highest BCUT2D eigenvalue weighted by Gasteiger charge is 2.27. The molecule has 1 aromatic carbocycles. The van der Waals surface area contributed by atoms with E-state index >= 15 is 0 Å². The number of benzene rings is 1. The Morgan fingerprint density at radius 1 is 0.731 bits per heavy atom. The van der Waals surface area contributed by atoms with Crippen LogP contribution in [0.15, 0.2) is 35.4 Å². The van der Waals surface area contributed by atoms with Gasteiger partial charge in [0.2, 0.25) is 0 Å². The number of allylic oxidation sites excluding steroid dienone is 4. The molecular formula is C24H30O2. The van der Waals surface area contributed by atoms with E-state index in [9.17, 15) is 9.59 Å². The first-order chi connectivity index (χ1) is 12.7. The van der Waals surface area contributed by atoms with Crippen LogP contribution in [0.2, 0.25) is 0 Å². The Morgan fingerprint density at radius 2 is 1.19 bits per heavy atom. The smallest absolute Gasteiger partial charge is 0.163 e. The van der Waals surface area contributed by atoms with E-state index in [1.165, 1.54) is 11.1 Å². The molecule has 0 bridgehead atoms. The quantitative estimate of drug-likeness (QED) is 0.551. The van der Waals surface area contributed by atoms with E-state index in [1.54, 1.807) is 0 Å². The van der Waals surface area contributed by atoms with Gasteiger partial charge in [-0.05, 0) is 55.7 Å². The Balaban J connectivity index is 1.97. The van der Waals surface area contributed by atoms with E-state index in [0.29, 0.717) is 12.8 Å². The van der Waals surface area contributed by atoms with Gasteiger partial charge in [0.1, 0.15) is 0 Å². The predicted molar refractivity (Wildman–Crippen MR) is 108 cm³/mol.